The van der Waals surface area contributed by atoms with Crippen LogP contribution in [0.25, 0.3) is 10.6 Å². The van der Waals surface area contributed by atoms with E-state index in [4.69, 9.17) is 5.11 Å². The zero-order chi connectivity index (χ0) is 28.0. The number of benzene rings is 2. The lowest BCUT2D eigenvalue weighted by molar-refractivity contribution is -0.141. The minimum Gasteiger partial charge on any atom is -0.481 e. The molecule has 1 saturated carbocycles. The Kier molecular flexibility index (Phi) is 9.32. The molecule has 0 aliphatic heterocycles. The number of rotatable bonds is 11. The number of hydrogen-bond donors (Lipinski definition) is 1. The van der Waals surface area contributed by atoms with Crippen LogP contribution in [0.4, 0.5) is 13.2 Å². The van der Waals surface area contributed by atoms with Crippen LogP contribution in [0.3, 0.4) is 0 Å². The number of hydrogen-bond acceptors (Lipinski definition) is 5. The molecule has 1 N–H and O–H groups in total. The van der Waals surface area contributed by atoms with Gasteiger partial charge in [-0.2, -0.15) is 13.2 Å². The summed E-state index contributed by atoms with van der Waals surface area (Å²) in [5.74, 6) is -0.845. The van der Waals surface area contributed by atoms with Crippen molar-refractivity contribution in [2.24, 2.45) is 5.92 Å². The average Bonchev–Trinajstić information content (AvgIpc) is 3.37. The predicted octanol–water partition coefficient (Wildman–Crippen LogP) is 7.74. The van der Waals surface area contributed by atoms with Crippen molar-refractivity contribution in [3.05, 3.63) is 76.3 Å². The van der Waals surface area contributed by atoms with Gasteiger partial charge in [0.15, 0.2) is 11.5 Å². The minimum absolute atomic E-state index is 0.0740. The smallest absolute Gasteiger partial charge is 0.434 e. The maximum absolute atomic E-state index is 13.6. The number of carbonyl (C=O) groups is 3. The molecule has 1 aromatic heterocycles. The van der Waals surface area contributed by atoms with Gasteiger partial charge in [-0.15, -0.1) is 11.3 Å². The van der Waals surface area contributed by atoms with Gasteiger partial charge in [0.25, 0.3) is 0 Å². The van der Waals surface area contributed by atoms with E-state index in [9.17, 15) is 27.6 Å². The van der Waals surface area contributed by atoms with Crippen LogP contribution in [0.5, 0.6) is 0 Å². The maximum Gasteiger partial charge on any atom is 0.434 e. The molecule has 1 aliphatic carbocycles. The van der Waals surface area contributed by atoms with E-state index in [-0.39, 0.29) is 48.8 Å². The van der Waals surface area contributed by atoms with Gasteiger partial charge in [0.1, 0.15) is 15.7 Å². The zero-order valence-electron chi connectivity index (χ0n) is 21.4. The molecule has 0 amide bonds. The first kappa shape index (κ1) is 28.7. The molecule has 0 unspecified atom stereocenters. The van der Waals surface area contributed by atoms with Crippen LogP contribution in [0.2, 0.25) is 0 Å². The third-order valence-corrected chi connectivity index (χ3v) is 8.34. The first-order valence-corrected chi connectivity index (χ1v) is 13.9. The molecule has 1 heterocycles. The van der Waals surface area contributed by atoms with Crippen molar-refractivity contribution in [1.82, 2.24) is 4.98 Å². The molecular formula is C30H30F3NO4S. The molecule has 0 atom stereocenters. The number of aromatic nitrogens is 1. The highest BCUT2D eigenvalue weighted by molar-refractivity contribution is 7.17. The van der Waals surface area contributed by atoms with Crippen LogP contribution >= 0.6 is 11.3 Å². The van der Waals surface area contributed by atoms with Crippen molar-refractivity contribution in [2.75, 3.05) is 0 Å². The number of halogens is 3. The fourth-order valence-corrected chi connectivity index (χ4v) is 6.19. The molecule has 0 saturated heterocycles. The summed E-state index contributed by atoms with van der Waals surface area (Å²) < 4.78 is 40.7. The quantitative estimate of drug-likeness (QED) is 0.244. The molecule has 2 aromatic carbocycles. The van der Waals surface area contributed by atoms with Gasteiger partial charge in [0.05, 0.1) is 0 Å². The predicted molar refractivity (Wildman–Crippen MR) is 143 cm³/mol. The summed E-state index contributed by atoms with van der Waals surface area (Å²) >= 11 is 0.733. The van der Waals surface area contributed by atoms with E-state index in [1.165, 1.54) is 5.56 Å². The van der Waals surface area contributed by atoms with E-state index in [1.807, 2.05) is 24.3 Å². The van der Waals surface area contributed by atoms with E-state index >= 15 is 0 Å². The standard InChI is InChI=1S/C30H30F3NO4S/c31-30(32,33)28-27(39-29(34-28)23-5-2-1-3-6-23)25(36)8-4-7-24(35)17-19-9-13-21(14-10-19)22-15-11-20(12-16-22)18-26(37)38/h1-3,5-6,9-10,13-14,20,22H,4,7-8,11-12,15-18H2,(H,37,38). The van der Waals surface area contributed by atoms with Gasteiger partial charge in [0.2, 0.25) is 0 Å². The largest absolute Gasteiger partial charge is 0.481 e. The second-order valence-corrected chi connectivity index (χ2v) is 11.1. The number of aliphatic carboxylic acids is 1. The maximum atomic E-state index is 13.6. The lowest BCUT2D eigenvalue weighted by atomic mass is 9.77. The van der Waals surface area contributed by atoms with Crippen molar-refractivity contribution in [3.63, 3.8) is 0 Å². The van der Waals surface area contributed by atoms with Gasteiger partial charge < -0.3 is 5.11 Å². The Morgan fingerprint density at radius 2 is 1.59 bits per heavy atom. The minimum atomic E-state index is -4.74. The summed E-state index contributed by atoms with van der Waals surface area (Å²) in [6.07, 6.45) is -0.500. The summed E-state index contributed by atoms with van der Waals surface area (Å²) in [6, 6.07) is 16.3. The normalized spacial score (nSPS) is 17.6. The third kappa shape index (κ3) is 7.85. The van der Waals surface area contributed by atoms with E-state index in [0.717, 1.165) is 42.6 Å². The van der Waals surface area contributed by atoms with Crippen molar-refractivity contribution < 1.29 is 32.7 Å². The highest BCUT2D eigenvalue weighted by Crippen LogP contribution is 2.39. The van der Waals surface area contributed by atoms with Crippen molar-refractivity contribution in [2.45, 2.75) is 69.9 Å². The fraction of sp³-hybridized carbons (Fsp3) is 0.400. The van der Waals surface area contributed by atoms with Gasteiger partial charge in [-0.25, -0.2) is 4.98 Å². The first-order chi connectivity index (χ1) is 18.6. The highest BCUT2D eigenvalue weighted by atomic mass is 32.1. The molecule has 0 radical (unpaired) electrons. The zero-order valence-corrected chi connectivity index (χ0v) is 22.2. The lowest BCUT2D eigenvalue weighted by Crippen LogP contribution is -2.16. The van der Waals surface area contributed by atoms with Gasteiger partial charge in [-0.05, 0) is 55.1 Å². The molecule has 39 heavy (non-hydrogen) atoms. The summed E-state index contributed by atoms with van der Waals surface area (Å²) in [7, 11) is 0. The van der Waals surface area contributed by atoms with Crippen LogP contribution in [-0.4, -0.2) is 27.6 Å². The molecule has 9 heteroatoms. The number of carbonyl (C=O) groups excluding carboxylic acids is 2. The molecule has 4 rings (SSSR count). The van der Waals surface area contributed by atoms with E-state index in [1.54, 1.807) is 30.3 Å². The van der Waals surface area contributed by atoms with Crippen LogP contribution < -0.4 is 0 Å². The van der Waals surface area contributed by atoms with Gasteiger partial charge in [-0.1, -0.05) is 54.6 Å². The van der Waals surface area contributed by atoms with Crippen molar-refractivity contribution in [3.8, 4) is 10.6 Å². The molecule has 3 aromatic rings. The molecular weight excluding hydrogens is 527 g/mol. The van der Waals surface area contributed by atoms with Crippen molar-refractivity contribution in [1.29, 1.82) is 0 Å². The highest BCUT2D eigenvalue weighted by Gasteiger charge is 2.39. The molecule has 0 spiro atoms. The Morgan fingerprint density at radius 1 is 0.923 bits per heavy atom. The van der Waals surface area contributed by atoms with Gasteiger partial charge >= 0.3 is 12.1 Å². The average molecular weight is 558 g/mol. The topological polar surface area (TPSA) is 84.3 Å². The number of carboxylic acids is 1. The summed E-state index contributed by atoms with van der Waals surface area (Å²) in [4.78, 5) is 39.4. The summed E-state index contributed by atoms with van der Waals surface area (Å²) in [6.45, 7) is 0. The lowest BCUT2D eigenvalue weighted by Gasteiger charge is -2.28. The van der Waals surface area contributed by atoms with Crippen LogP contribution in [0.1, 0.15) is 83.8 Å². The number of Topliss-reactive ketones (excluding diaryl/α,β-unsaturated/α-hetero) is 2. The van der Waals surface area contributed by atoms with Crippen LogP contribution in [-0.2, 0) is 22.2 Å². The second kappa shape index (κ2) is 12.7. The van der Waals surface area contributed by atoms with Gasteiger partial charge in [-0.3, -0.25) is 14.4 Å². The van der Waals surface area contributed by atoms with Gasteiger partial charge in [0, 0.05) is 31.2 Å². The SMILES string of the molecule is O=C(O)CC1CCC(c2ccc(CC(=O)CCCC(=O)c3sc(-c4ccccc4)nc3C(F)(F)F)cc2)CC1. The Bertz CT molecular complexity index is 1290. The Hall–Kier alpha value is -3.33. The van der Waals surface area contributed by atoms with E-state index in [0.29, 0.717) is 11.5 Å². The Balaban J connectivity index is 1.27. The molecule has 0 bridgehead atoms. The number of ketones is 2. The second-order valence-electron chi connectivity index (χ2n) is 10.1. The van der Waals surface area contributed by atoms with Crippen molar-refractivity contribution >= 4 is 28.9 Å². The number of thiazole rings is 1. The number of nitrogens with zero attached hydrogens (tertiary/aromatic N) is 1. The monoisotopic (exact) mass is 557 g/mol. The Morgan fingerprint density at radius 3 is 2.21 bits per heavy atom. The first-order valence-electron chi connectivity index (χ1n) is 13.1. The fourth-order valence-electron chi connectivity index (χ4n) is 5.14. The summed E-state index contributed by atoms with van der Waals surface area (Å²) in [5.41, 5.74) is 1.38. The molecule has 1 aliphatic rings. The molecule has 1 fully saturated rings. The van der Waals surface area contributed by atoms with Crippen LogP contribution in [0, 0.1) is 5.92 Å². The third-order valence-electron chi connectivity index (χ3n) is 7.19. The Labute approximate surface area is 229 Å². The van der Waals surface area contributed by atoms with E-state index in [2.05, 4.69) is 4.98 Å². The van der Waals surface area contributed by atoms with E-state index < -0.39 is 28.5 Å². The number of carboxylic acid groups (broad SMARTS) is 1. The molecule has 5 nitrogen and oxygen atoms in total. The molecule has 206 valence electrons. The van der Waals surface area contributed by atoms with Crippen LogP contribution in [0.15, 0.2) is 54.6 Å². The summed E-state index contributed by atoms with van der Waals surface area (Å²) in [5, 5.41) is 9.12. The number of alkyl halides is 3.